The molecule has 0 aliphatic rings. The molecule has 1 amide bonds. The van der Waals surface area contributed by atoms with E-state index in [2.05, 4.69) is 5.32 Å². The molecule has 0 fully saturated rings. The highest BCUT2D eigenvalue weighted by Crippen LogP contribution is 2.24. The van der Waals surface area contributed by atoms with Crippen LogP contribution in [0.15, 0.2) is 24.3 Å². The third kappa shape index (κ3) is 5.36. The molecule has 0 saturated carbocycles. The van der Waals surface area contributed by atoms with Crippen LogP contribution in [0, 0.1) is 0 Å². The minimum Gasteiger partial charge on any atom is -0.491 e. The first-order chi connectivity index (χ1) is 7.88. The maximum atomic E-state index is 11.0. The van der Waals surface area contributed by atoms with Gasteiger partial charge in [-0.1, -0.05) is 12.1 Å². The van der Waals surface area contributed by atoms with Crippen LogP contribution in [0.25, 0.3) is 0 Å². The third-order valence-corrected chi connectivity index (χ3v) is 2.17. The zero-order chi connectivity index (χ0) is 12.9. The van der Waals surface area contributed by atoms with E-state index in [0.29, 0.717) is 24.5 Å². The highest BCUT2D eigenvalue weighted by Gasteiger charge is 2.13. The molecule has 0 atom stereocenters. The molecule has 0 saturated heterocycles. The maximum Gasteiger partial charge on any atom is 0.221 e. The van der Waals surface area contributed by atoms with Gasteiger partial charge in [0.15, 0.2) is 0 Å². The van der Waals surface area contributed by atoms with Gasteiger partial charge < -0.3 is 15.2 Å². The lowest BCUT2D eigenvalue weighted by atomic mass is 10.1. The molecule has 94 valence electrons. The zero-order valence-corrected chi connectivity index (χ0v) is 10.5. The van der Waals surface area contributed by atoms with E-state index in [-0.39, 0.29) is 5.91 Å². The SMILES string of the molecule is CC(=O)Nc1ccccc1OCCC(C)(C)O. The highest BCUT2D eigenvalue weighted by atomic mass is 16.5. The summed E-state index contributed by atoms with van der Waals surface area (Å²) in [4.78, 5) is 11.0. The summed E-state index contributed by atoms with van der Waals surface area (Å²) in [5.74, 6) is 0.482. The predicted octanol–water partition coefficient (Wildman–Crippen LogP) is 2.18. The van der Waals surface area contributed by atoms with E-state index in [4.69, 9.17) is 4.74 Å². The number of carbonyl (C=O) groups is 1. The quantitative estimate of drug-likeness (QED) is 0.825. The van der Waals surface area contributed by atoms with Gasteiger partial charge in [-0.2, -0.15) is 0 Å². The Kier molecular flexibility index (Phi) is 4.52. The van der Waals surface area contributed by atoms with E-state index in [1.165, 1.54) is 6.92 Å². The molecular weight excluding hydrogens is 218 g/mol. The van der Waals surface area contributed by atoms with E-state index >= 15 is 0 Å². The number of hydrogen-bond acceptors (Lipinski definition) is 3. The lowest BCUT2D eigenvalue weighted by molar-refractivity contribution is -0.114. The molecule has 0 aromatic heterocycles. The van der Waals surface area contributed by atoms with E-state index in [0.717, 1.165) is 0 Å². The Balaban J connectivity index is 2.61. The topological polar surface area (TPSA) is 58.6 Å². The molecule has 2 N–H and O–H groups in total. The van der Waals surface area contributed by atoms with Crippen molar-refractivity contribution in [1.82, 2.24) is 0 Å². The monoisotopic (exact) mass is 237 g/mol. The van der Waals surface area contributed by atoms with Crippen LogP contribution in [0.4, 0.5) is 5.69 Å². The summed E-state index contributed by atoms with van der Waals surface area (Å²) in [5, 5.41) is 12.3. The Hall–Kier alpha value is -1.55. The Morgan fingerprint density at radius 2 is 2.06 bits per heavy atom. The summed E-state index contributed by atoms with van der Waals surface area (Å²) in [6.07, 6.45) is 0.529. The smallest absolute Gasteiger partial charge is 0.221 e. The molecule has 0 unspecified atom stereocenters. The van der Waals surface area contributed by atoms with Crippen LogP contribution in [0.5, 0.6) is 5.75 Å². The fraction of sp³-hybridized carbons (Fsp3) is 0.462. The first-order valence-corrected chi connectivity index (χ1v) is 5.60. The number of para-hydroxylation sites is 2. The number of amides is 1. The molecule has 0 bridgehead atoms. The summed E-state index contributed by atoms with van der Waals surface area (Å²) >= 11 is 0. The van der Waals surface area contributed by atoms with Crippen LogP contribution >= 0.6 is 0 Å². The number of nitrogens with one attached hydrogen (secondary N) is 1. The molecule has 0 aliphatic carbocycles. The number of ether oxygens (including phenoxy) is 1. The lowest BCUT2D eigenvalue weighted by Gasteiger charge is -2.18. The van der Waals surface area contributed by atoms with E-state index < -0.39 is 5.60 Å². The van der Waals surface area contributed by atoms with Crippen molar-refractivity contribution in [3.05, 3.63) is 24.3 Å². The van der Waals surface area contributed by atoms with Gasteiger partial charge in [0.05, 0.1) is 17.9 Å². The van der Waals surface area contributed by atoms with Crippen molar-refractivity contribution in [2.45, 2.75) is 32.8 Å². The van der Waals surface area contributed by atoms with Crippen molar-refractivity contribution in [2.24, 2.45) is 0 Å². The average molecular weight is 237 g/mol. The molecule has 0 spiro atoms. The van der Waals surface area contributed by atoms with Crippen molar-refractivity contribution in [3.8, 4) is 5.75 Å². The second kappa shape index (κ2) is 5.68. The van der Waals surface area contributed by atoms with Crippen LogP contribution in [-0.2, 0) is 4.79 Å². The van der Waals surface area contributed by atoms with Gasteiger partial charge in [0.2, 0.25) is 5.91 Å². The van der Waals surface area contributed by atoms with E-state index in [1.54, 1.807) is 26.0 Å². The number of aliphatic hydroxyl groups is 1. The van der Waals surface area contributed by atoms with Crippen LogP contribution in [0.3, 0.4) is 0 Å². The minimum absolute atomic E-state index is 0.136. The molecule has 1 rings (SSSR count). The van der Waals surface area contributed by atoms with Gasteiger partial charge in [-0.25, -0.2) is 0 Å². The number of benzene rings is 1. The van der Waals surface area contributed by atoms with E-state index in [1.807, 2.05) is 12.1 Å². The molecular formula is C13H19NO3. The van der Waals surface area contributed by atoms with Gasteiger partial charge in [-0.05, 0) is 26.0 Å². The van der Waals surface area contributed by atoms with Crippen LogP contribution in [0.1, 0.15) is 27.2 Å². The van der Waals surface area contributed by atoms with Gasteiger partial charge in [-0.15, -0.1) is 0 Å². The summed E-state index contributed by atoms with van der Waals surface area (Å²) in [7, 11) is 0. The van der Waals surface area contributed by atoms with Gasteiger partial charge >= 0.3 is 0 Å². The van der Waals surface area contributed by atoms with Crippen molar-refractivity contribution in [1.29, 1.82) is 0 Å². The van der Waals surface area contributed by atoms with Crippen molar-refractivity contribution < 1.29 is 14.6 Å². The van der Waals surface area contributed by atoms with Crippen LogP contribution in [-0.4, -0.2) is 23.2 Å². The maximum absolute atomic E-state index is 11.0. The lowest BCUT2D eigenvalue weighted by Crippen LogP contribution is -2.22. The first kappa shape index (κ1) is 13.5. The number of rotatable bonds is 5. The molecule has 1 aromatic carbocycles. The normalized spacial score (nSPS) is 11.1. The molecule has 0 heterocycles. The van der Waals surface area contributed by atoms with Crippen molar-refractivity contribution in [3.63, 3.8) is 0 Å². The minimum atomic E-state index is -0.747. The highest BCUT2D eigenvalue weighted by molar-refractivity contribution is 5.90. The van der Waals surface area contributed by atoms with Gasteiger partial charge in [0.25, 0.3) is 0 Å². The Morgan fingerprint density at radius 3 is 2.65 bits per heavy atom. The average Bonchev–Trinajstić information content (AvgIpc) is 2.18. The van der Waals surface area contributed by atoms with Crippen molar-refractivity contribution >= 4 is 11.6 Å². The first-order valence-electron chi connectivity index (χ1n) is 5.60. The van der Waals surface area contributed by atoms with Gasteiger partial charge in [-0.3, -0.25) is 4.79 Å². The summed E-state index contributed by atoms with van der Waals surface area (Å²) < 4.78 is 5.54. The predicted molar refractivity (Wildman–Crippen MR) is 67.2 cm³/mol. The fourth-order valence-corrected chi connectivity index (χ4v) is 1.30. The molecule has 0 radical (unpaired) electrons. The Bertz CT molecular complexity index is 382. The Labute approximate surface area is 102 Å². The van der Waals surface area contributed by atoms with Crippen LogP contribution < -0.4 is 10.1 Å². The largest absolute Gasteiger partial charge is 0.491 e. The molecule has 17 heavy (non-hydrogen) atoms. The van der Waals surface area contributed by atoms with Gasteiger partial charge in [0.1, 0.15) is 5.75 Å². The second-order valence-corrected chi connectivity index (χ2v) is 4.59. The number of hydrogen-bond donors (Lipinski definition) is 2. The fourth-order valence-electron chi connectivity index (χ4n) is 1.30. The molecule has 4 heteroatoms. The summed E-state index contributed by atoms with van der Waals surface area (Å²) in [6.45, 7) is 5.32. The van der Waals surface area contributed by atoms with Crippen LogP contribution in [0.2, 0.25) is 0 Å². The molecule has 4 nitrogen and oxygen atoms in total. The molecule has 1 aromatic rings. The van der Waals surface area contributed by atoms with Gasteiger partial charge in [0, 0.05) is 13.3 Å². The Morgan fingerprint density at radius 1 is 1.41 bits per heavy atom. The second-order valence-electron chi connectivity index (χ2n) is 4.59. The summed E-state index contributed by atoms with van der Waals surface area (Å²) in [5.41, 5.74) is -0.0982. The summed E-state index contributed by atoms with van der Waals surface area (Å²) in [6, 6.07) is 7.23. The zero-order valence-electron chi connectivity index (χ0n) is 10.5. The number of anilines is 1. The number of carbonyl (C=O) groups excluding carboxylic acids is 1. The van der Waals surface area contributed by atoms with Crippen molar-refractivity contribution in [2.75, 3.05) is 11.9 Å². The van der Waals surface area contributed by atoms with E-state index in [9.17, 15) is 9.90 Å². The third-order valence-electron chi connectivity index (χ3n) is 2.17. The standard InChI is InChI=1S/C13H19NO3/c1-10(15)14-11-6-4-5-7-12(11)17-9-8-13(2,3)16/h4-7,16H,8-9H2,1-3H3,(H,14,15). The molecule has 0 aliphatic heterocycles.